The second kappa shape index (κ2) is 6.64. The lowest BCUT2D eigenvalue weighted by molar-refractivity contribution is 0.349. The number of unbranched alkanes of at least 4 members (excludes halogenated alkanes) is 2. The monoisotopic (exact) mass is 237 g/mol. The maximum Gasteiger partial charge on any atom is 0.325 e. The quantitative estimate of drug-likeness (QED) is 0.446. The lowest BCUT2D eigenvalue weighted by Gasteiger charge is -2.26. The molecule has 0 aromatic carbocycles. The van der Waals surface area contributed by atoms with Crippen LogP contribution in [0.5, 0.6) is 0 Å². The topological polar surface area (TPSA) is 83.6 Å². The minimum absolute atomic E-state index is 0.00280. The fourth-order valence-corrected chi connectivity index (χ4v) is 2.21. The van der Waals surface area contributed by atoms with Gasteiger partial charge in [0.25, 0.3) is 0 Å². The van der Waals surface area contributed by atoms with Gasteiger partial charge in [-0.05, 0) is 25.7 Å². The van der Waals surface area contributed by atoms with E-state index in [0.717, 1.165) is 32.1 Å². The van der Waals surface area contributed by atoms with E-state index in [1.807, 2.05) is 0 Å². The first kappa shape index (κ1) is 15.1. The molecule has 0 aliphatic rings. The molecule has 0 atom stereocenters. The molecule has 5 heteroatoms. The van der Waals surface area contributed by atoms with E-state index in [9.17, 15) is 4.57 Å². The molecule has 0 saturated carbocycles. The van der Waals surface area contributed by atoms with Crippen LogP contribution in [0.3, 0.4) is 0 Å². The number of rotatable bonds is 8. The summed E-state index contributed by atoms with van der Waals surface area (Å²) in [6.07, 6.45) is 5.27. The molecule has 0 spiro atoms. The van der Waals surface area contributed by atoms with Gasteiger partial charge in [-0.3, -0.25) is 4.57 Å². The molecule has 0 aliphatic heterocycles. The third-order valence-corrected chi connectivity index (χ3v) is 3.93. The second-order valence-electron chi connectivity index (χ2n) is 4.27. The van der Waals surface area contributed by atoms with Crippen LogP contribution >= 0.6 is 7.60 Å². The standard InChI is InChI=1S/C10H24NO3P/c1-3-10(11,4-2)8-6-5-7-9-15(12,13)14/h3-9,11H2,1-2H3,(H2,12,13,14). The zero-order valence-corrected chi connectivity index (χ0v) is 10.7. The highest BCUT2D eigenvalue weighted by Gasteiger charge is 2.19. The second-order valence-corrected chi connectivity index (χ2v) is 6.05. The van der Waals surface area contributed by atoms with Gasteiger partial charge in [0.1, 0.15) is 0 Å². The molecule has 0 rings (SSSR count). The Hall–Kier alpha value is 0.110. The van der Waals surface area contributed by atoms with E-state index in [4.69, 9.17) is 15.5 Å². The maximum absolute atomic E-state index is 10.6. The first-order chi connectivity index (χ1) is 6.83. The molecular formula is C10H24NO3P. The fourth-order valence-electron chi connectivity index (χ4n) is 1.58. The summed E-state index contributed by atoms with van der Waals surface area (Å²) >= 11 is 0. The third-order valence-electron chi connectivity index (χ3n) is 3.03. The van der Waals surface area contributed by atoms with Gasteiger partial charge in [-0.2, -0.15) is 0 Å². The molecule has 92 valence electrons. The van der Waals surface area contributed by atoms with E-state index < -0.39 is 7.60 Å². The van der Waals surface area contributed by atoms with Crippen LogP contribution in [-0.2, 0) is 4.57 Å². The lowest BCUT2D eigenvalue weighted by Crippen LogP contribution is -2.38. The molecule has 15 heavy (non-hydrogen) atoms. The van der Waals surface area contributed by atoms with Gasteiger partial charge in [0.15, 0.2) is 0 Å². The Morgan fingerprint density at radius 3 is 2.07 bits per heavy atom. The minimum atomic E-state index is -3.79. The van der Waals surface area contributed by atoms with Crippen molar-refractivity contribution in [1.29, 1.82) is 0 Å². The van der Waals surface area contributed by atoms with E-state index >= 15 is 0 Å². The normalized spacial score (nSPS) is 13.1. The van der Waals surface area contributed by atoms with Crippen molar-refractivity contribution in [3.05, 3.63) is 0 Å². The summed E-state index contributed by atoms with van der Waals surface area (Å²) in [4.78, 5) is 17.3. The van der Waals surface area contributed by atoms with Crippen molar-refractivity contribution in [3.8, 4) is 0 Å². The number of hydrogen-bond acceptors (Lipinski definition) is 2. The number of hydrogen-bond donors (Lipinski definition) is 3. The highest BCUT2D eigenvalue weighted by atomic mass is 31.2. The molecule has 0 radical (unpaired) electrons. The zero-order valence-electron chi connectivity index (χ0n) is 9.78. The molecule has 4 N–H and O–H groups in total. The predicted molar refractivity (Wildman–Crippen MR) is 62.9 cm³/mol. The summed E-state index contributed by atoms with van der Waals surface area (Å²) in [6.45, 7) is 4.16. The van der Waals surface area contributed by atoms with Crippen LogP contribution in [0.25, 0.3) is 0 Å². The maximum atomic E-state index is 10.6. The van der Waals surface area contributed by atoms with Crippen LogP contribution in [-0.4, -0.2) is 21.5 Å². The van der Waals surface area contributed by atoms with E-state index in [-0.39, 0.29) is 11.7 Å². The molecule has 0 aromatic heterocycles. The largest absolute Gasteiger partial charge is 0.325 e. The van der Waals surface area contributed by atoms with Gasteiger partial charge in [-0.1, -0.05) is 26.7 Å². The Labute approximate surface area is 92.4 Å². The van der Waals surface area contributed by atoms with Crippen LogP contribution in [0.4, 0.5) is 0 Å². The summed E-state index contributed by atoms with van der Waals surface area (Å²) < 4.78 is 10.6. The Bertz CT molecular complexity index is 211. The Kier molecular flexibility index (Phi) is 6.69. The Balaban J connectivity index is 3.58. The van der Waals surface area contributed by atoms with E-state index in [0.29, 0.717) is 6.42 Å². The van der Waals surface area contributed by atoms with E-state index in [1.54, 1.807) is 0 Å². The average molecular weight is 237 g/mol. The van der Waals surface area contributed by atoms with Crippen molar-refractivity contribution in [2.75, 3.05) is 6.16 Å². The van der Waals surface area contributed by atoms with Crippen molar-refractivity contribution >= 4 is 7.60 Å². The van der Waals surface area contributed by atoms with Crippen molar-refractivity contribution in [2.45, 2.75) is 57.9 Å². The van der Waals surface area contributed by atoms with Gasteiger partial charge in [-0.15, -0.1) is 0 Å². The summed E-state index contributed by atoms with van der Waals surface area (Å²) in [7, 11) is -3.79. The van der Waals surface area contributed by atoms with Crippen LogP contribution in [0.2, 0.25) is 0 Å². The highest BCUT2D eigenvalue weighted by molar-refractivity contribution is 7.51. The molecule has 0 aromatic rings. The molecule has 0 amide bonds. The van der Waals surface area contributed by atoms with Gasteiger partial charge in [0, 0.05) is 11.7 Å². The molecule has 0 aliphatic carbocycles. The summed E-state index contributed by atoms with van der Waals surface area (Å²) in [5.74, 6) is 0. The average Bonchev–Trinajstić information content (AvgIpc) is 2.15. The van der Waals surface area contributed by atoms with Crippen LogP contribution in [0.15, 0.2) is 0 Å². The van der Waals surface area contributed by atoms with Crippen molar-refractivity contribution in [1.82, 2.24) is 0 Å². The molecule has 0 fully saturated rings. The predicted octanol–water partition coefficient (Wildman–Crippen LogP) is 2.24. The van der Waals surface area contributed by atoms with Crippen LogP contribution in [0.1, 0.15) is 52.4 Å². The van der Waals surface area contributed by atoms with Crippen LogP contribution in [0, 0.1) is 0 Å². The minimum Gasteiger partial charge on any atom is -0.325 e. The first-order valence-corrected chi connectivity index (χ1v) is 7.46. The van der Waals surface area contributed by atoms with Crippen molar-refractivity contribution in [3.63, 3.8) is 0 Å². The Morgan fingerprint density at radius 2 is 1.67 bits per heavy atom. The SMILES string of the molecule is CCC(N)(CC)CCCCCP(=O)(O)O. The smallest absolute Gasteiger partial charge is 0.325 e. The third kappa shape index (κ3) is 7.97. The first-order valence-electron chi connectivity index (χ1n) is 5.66. The van der Waals surface area contributed by atoms with Crippen molar-refractivity contribution in [2.24, 2.45) is 5.73 Å². The summed E-state index contributed by atoms with van der Waals surface area (Å²) in [5.41, 5.74) is 6.03. The van der Waals surface area contributed by atoms with Gasteiger partial charge < -0.3 is 15.5 Å². The van der Waals surface area contributed by atoms with Gasteiger partial charge >= 0.3 is 7.60 Å². The van der Waals surface area contributed by atoms with Gasteiger partial charge in [0.05, 0.1) is 0 Å². The molecule has 0 saturated heterocycles. The highest BCUT2D eigenvalue weighted by Crippen LogP contribution is 2.35. The fraction of sp³-hybridized carbons (Fsp3) is 1.00. The van der Waals surface area contributed by atoms with E-state index in [1.165, 1.54) is 0 Å². The molecule has 4 nitrogen and oxygen atoms in total. The van der Waals surface area contributed by atoms with Crippen molar-refractivity contribution < 1.29 is 14.4 Å². The Morgan fingerprint density at radius 1 is 1.13 bits per heavy atom. The zero-order chi connectivity index (χ0) is 11.9. The molecule has 0 unspecified atom stereocenters. The molecule has 0 heterocycles. The summed E-state index contributed by atoms with van der Waals surface area (Å²) in [5, 5.41) is 0. The van der Waals surface area contributed by atoms with Crippen LogP contribution < -0.4 is 5.73 Å². The van der Waals surface area contributed by atoms with E-state index in [2.05, 4.69) is 13.8 Å². The molecular weight excluding hydrogens is 213 g/mol. The summed E-state index contributed by atoms with van der Waals surface area (Å²) in [6, 6.07) is 0. The van der Waals surface area contributed by atoms with Gasteiger partial charge in [-0.25, -0.2) is 0 Å². The molecule has 0 bridgehead atoms. The van der Waals surface area contributed by atoms with Gasteiger partial charge in [0.2, 0.25) is 0 Å². The lowest BCUT2D eigenvalue weighted by atomic mass is 9.88. The number of nitrogens with two attached hydrogens (primary N) is 1.